The van der Waals surface area contributed by atoms with Gasteiger partial charge < -0.3 is 9.32 Å². The van der Waals surface area contributed by atoms with Crippen molar-refractivity contribution >= 4 is 60.5 Å². The Morgan fingerprint density at radius 3 is 2.16 bits per heavy atom. The predicted octanol–water partition coefficient (Wildman–Crippen LogP) is 12.0. The monoisotopic (exact) mass is 565 g/mol. The number of fused-ring (bicyclic) bond motifs is 9. The lowest BCUT2D eigenvalue weighted by Gasteiger charge is -2.27. The average Bonchev–Trinajstić information content (AvgIpc) is 3.54. The Hall–Kier alpha value is -5.34. The number of furan rings is 1. The highest BCUT2D eigenvalue weighted by Crippen LogP contribution is 2.53. The largest absolute Gasteiger partial charge is 0.454 e. The Balaban J connectivity index is 1.27. The molecule has 8 aromatic rings. The maximum atomic E-state index is 6.55. The predicted molar refractivity (Wildman–Crippen MR) is 186 cm³/mol. The summed E-state index contributed by atoms with van der Waals surface area (Å²) in [7, 11) is 0. The molecule has 0 amide bonds. The molecule has 2 heteroatoms. The summed E-state index contributed by atoms with van der Waals surface area (Å²) in [5.41, 5.74) is 11.7. The molecule has 2 nitrogen and oxygen atoms in total. The average molecular weight is 566 g/mol. The van der Waals surface area contributed by atoms with Gasteiger partial charge in [-0.2, -0.15) is 0 Å². The molecule has 1 aliphatic rings. The molecule has 0 unspecified atom stereocenters. The molecule has 44 heavy (non-hydrogen) atoms. The highest BCUT2D eigenvalue weighted by atomic mass is 16.3. The number of para-hydroxylation sites is 3. The third-order valence-electron chi connectivity index (χ3n) is 9.72. The summed E-state index contributed by atoms with van der Waals surface area (Å²) in [6.07, 6.45) is 0. The zero-order valence-corrected chi connectivity index (χ0v) is 25.1. The number of hydrogen-bond donors (Lipinski definition) is 0. The molecule has 0 spiro atoms. The molecule has 1 aliphatic carbocycles. The third kappa shape index (κ3) is 3.48. The van der Waals surface area contributed by atoms with Crippen molar-refractivity contribution in [1.82, 2.24) is 0 Å². The van der Waals surface area contributed by atoms with Crippen molar-refractivity contribution in [2.24, 2.45) is 0 Å². The van der Waals surface area contributed by atoms with Crippen molar-refractivity contribution in [2.45, 2.75) is 26.2 Å². The number of nitrogens with zero attached hydrogens (tertiary/aromatic N) is 1. The van der Waals surface area contributed by atoms with Crippen LogP contribution in [0.4, 0.5) is 17.1 Å². The third-order valence-corrected chi connectivity index (χ3v) is 9.72. The smallest absolute Gasteiger partial charge is 0.159 e. The van der Waals surface area contributed by atoms with Gasteiger partial charge in [-0.15, -0.1) is 0 Å². The molecule has 0 saturated heterocycles. The van der Waals surface area contributed by atoms with Crippen LogP contribution in [0.1, 0.15) is 30.5 Å². The first-order chi connectivity index (χ1) is 21.5. The van der Waals surface area contributed by atoms with Crippen molar-refractivity contribution in [1.29, 1.82) is 0 Å². The van der Waals surface area contributed by atoms with Crippen LogP contribution >= 0.6 is 0 Å². The molecule has 210 valence electrons. The molecule has 0 aliphatic heterocycles. The van der Waals surface area contributed by atoms with Crippen LogP contribution in [-0.2, 0) is 5.41 Å². The van der Waals surface area contributed by atoms with Crippen LogP contribution in [0.3, 0.4) is 0 Å². The molecule has 0 N–H and O–H groups in total. The molecule has 9 rings (SSSR count). The molecule has 0 atom stereocenters. The van der Waals surface area contributed by atoms with Gasteiger partial charge in [0, 0.05) is 27.6 Å². The van der Waals surface area contributed by atoms with Crippen LogP contribution in [0.5, 0.6) is 0 Å². The molecule has 0 radical (unpaired) electrons. The van der Waals surface area contributed by atoms with Gasteiger partial charge in [0.1, 0.15) is 5.58 Å². The van der Waals surface area contributed by atoms with E-state index >= 15 is 0 Å². The van der Waals surface area contributed by atoms with Crippen LogP contribution in [0.2, 0.25) is 0 Å². The van der Waals surface area contributed by atoms with Gasteiger partial charge in [0.2, 0.25) is 0 Å². The first kappa shape index (κ1) is 25.2. The van der Waals surface area contributed by atoms with Gasteiger partial charge in [-0.3, -0.25) is 0 Å². The fourth-order valence-corrected chi connectivity index (χ4v) is 7.60. The van der Waals surface area contributed by atoms with E-state index in [1.165, 1.54) is 49.4 Å². The number of aryl methyl sites for hydroxylation is 1. The Morgan fingerprint density at radius 1 is 0.545 bits per heavy atom. The standard InChI is InChI=1S/C42H31NO/c1-26-11-4-8-16-37(26)43(38-17-10-15-34-32-14-7-9-18-39(32)44-41(34)38)30-21-19-28-24-35-33-22-20-27-12-5-6-13-31(27)40(33)42(2,3)36(35)25-29(28)23-30/h4-25H,1-3H3. The minimum atomic E-state index is -0.106. The highest BCUT2D eigenvalue weighted by Gasteiger charge is 2.37. The molecule has 1 heterocycles. The fourth-order valence-electron chi connectivity index (χ4n) is 7.60. The zero-order valence-electron chi connectivity index (χ0n) is 25.1. The summed E-state index contributed by atoms with van der Waals surface area (Å²) in [4.78, 5) is 2.36. The summed E-state index contributed by atoms with van der Waals surface area (Å²) in [5, 5.41) is 7.39. The van der Waals surface area contributed by atoms with Crippen LogP contribution < -0.4 is 4.90 Å². The minimum absolute atomic E-state index is 0.106. The lowest BCUT2D eigenvalue weighted by Crippen LogP contribution is -2.15. The summed E-state index contributed by atoms with van der Waals surface area (Å²) < 4.78 is 6.55. The van der Waals surface area contributed by atoms with E-state index in [0.29, 0.717) is 0 Å². The number of rotatable bonds is 3. The van der Waals surface area contributed by atoms with Crippen molar-refractivity contribution in [3.05, 3.63) is 150 Å². The van der Waals surface area contributed by atoms with Crippen molar-refractivity contribution in [3.63, 3.8) is 0 Å². The highest BCUT2D eigenvalue weighted by molar-refractivity contribution is 6.10. The van der Waals surface area contributed by atoms with Gasteiger partial charge in [-0.1, -0.05) is 105 Å². The van der Waals surface area contributed by atoms with E-state index in [9.17, 15) is 0 Å². The summed E-state index contributed by atoms with van der Waals surface area (Å²) in [6.45, 7) is 6.93. The van der Waals surface area contributed by atoms with Crippen LogP contribution in [-0.4, -0.2) is 0 Å². The van der Waals surface area contributed by atoms with E-state index in [0.717, 1.165) is 39.0 Å². The van der Waals surface area contributed by atoms with E-state index in [1.54, 1.807) is 0 Å². The summed E-state index contributed by atoms with van der Waals surface area (Å²) >= 11 is 0. The van der Waals surface area contributed by atoms with Crippen LogP contribution in [0.15, 0.2) is 138 Å². The minimum Gasteiger partial charge on any atom is -0.454 e. The Morgan fingerprint density at radius 2 is 1.27 bits per heavy atom. The second-order valence-electron chi connectivity index (χ2n) is 12.6. The SMILES string of the molecule is Cc1ccccc1N(c1ccc2cc3c(cc2c1)C(C)(C)c1c-3ccc2ccccc12)c1cccc2c1oc1ccccc12. The second-order valence-corrected chi connectivity index (χ2v) is 12.6. The van der Waals surface area contributed by atoms with Gasteiger partial charge in [-0.05, 0) is 98.8 Å². The second kappa shape index (κ2) is 9.08. The van der Waals surface area contributed by atoms with E-state index in [4.69, 9.17) is 4.42 Å². The lowest BCUT2D eigenvalue weighted by atomic mass is 9.80. The molecule has 0 bridgehead atoms. The zero-order chi connectivity index (χ0) is 29.6. The molecular formula is C42H31NO. The number of hydrogen-bond acceptors (Lipinski definition) is 2. The first-order valence-electron chi connectivity index (χ1n) is 15.4. The van der Waals surface area contributed by atoms with E-state index in [-0.39, 0.29) is 5.41 Å². The van der Waals surface area contributed by atoms with E-state index < -0.39 is 0 Å². The molecule has 0 fully saturated rings. The maximum absolute atomic E-state index is 6.55. The number of anilines is 3. The van der Waals surface area contributed by atoms with Gasteiger partial charge in [0.05, 0.1) is 5.69 Å². The van der Waals surface area contributed by atoms with Crippen LogP contribution in [0, 0.1) is 6.92 Å². The van der Waals surface area contributed by atoms with Crippen molar-refractivity contribution in [3.8, 4) is 11.1 Å². The Kier molecular flexibility index (Phi) is 5.20. The van der Waals surface area contributed by atoms with Gasteiger partial charge in [0.15, 0.2) is 5.58 Å². The van der Waals surface area contributed by atoms with E-state index in [1.807, 2.05) is 6.07 Å². The van der Waals surface area contributed by atoms with Gasteiger partial charge in [0.25, 0.3) is 0 Å². The van der Waals surface area contributed by atoms with Crippen LogP contribution in [0.25, 0.3) is 54.6 Å². The van der Waals surface area contributed by atoms with Gasteiger partial charge >= 0.3 is 0 Å². The fraction of sp³-hybridized carbons (Fsp3) is 0.0952. The molecular weight excluding hydrogens is 534 g/mol. The quantitative estimate of drug-likeness (QED) is 0.212. The summed E-state index contributed by atoms with van der Waals surface area (Å²) in [6, 6.07) is 48.5. The van der Waals surface area contributed by atoms with Crippen molar-refractivity contribution in [2.75, 3.05) is 4.90 Å². The topological polar surface area (TPSA) is 16.4 Å². The maximum Gasteiger partial charge on any atom is 0.159 e. The molecule has 7 aromatic carbocycles. The number of benzene rings is 7. The molecule has 0 saturated carbocycles. The Labute approximate surface area is 256 Å². The van der Waals surface area contributed by atoms with Gasteiger partial charge in [-0.25, -0.2) is 0 Å². The summed E-state index contributed by atoms with van der Waals surface area (Å²) in [5.74, 6) is 0. The Bertz CT molecular complexity index is 2440. The normalized spacial score (nSPS) is 13.5. The first-order valence-corrected chi connectivity index (χ1v) is 15.4. The molecule has 1 aromatic heterocycles. The van der Waals surface area contributed by atoms with E-state index in [2.05, 4.69) is 153 Å². The lowest BCUT2D eigenvalue weighted by molar-refractivity contribution is 0.667. The van der Waals surface area contributed by atoms with Crippen molar-refractivity contribution < 1.29 is 4.42 Å².